The summed E-state index contributed by atoms with van der Waals surface area (Å²) < 4.78 is 27.7. The zero-order chi connectivity index (χ0) is 16.3. The molecule has 0 aromatic carbocycles. The van der Waals surface area contributed by atoms with Crippen molar-refractivity contribution in [3.8, 4) is 0 Å². The Hall–Kier alpha value is -0.420. The van der Waals surface area contributed by atoms with E-state index in [1.54, 1.807) is 4.31 Å². The van der Waals surface area contributed by atoms with Crippen LogP contribution in [0.4, 0.5) is 0 Å². The van der Waals surface area contributed by atoms with Crippen molar-refractivity contribution < 1.29 is 13.2 Å². The Labute approximate surface area is 134 Å². The number of rotatable bonds is 3. The van der Waals surface area contributed by atoms with E-state index in [2.05, 4.69) is 27.7 Å². The lowest BCUT2D eigenvalue weighted by Gasteiger charge is -2.40. The number of hydrogen-bond donors (Lipinski definition) is 0. The van der Waals surface area contributed by atoms with Crippen LogP contribution in [0.2, 0.25) is 0 Å². The number of hydrogen-bond acceptors (Lipinski definition) is 3. The highest BCUT2D eigenvalue weighted by Crippen LogP contribution is 2.64. The number of fused-ring (bicyclic) bond motifs is 2. The van der Waals surface area contributed by atoms with Crippen LogP contribution in [0.15, 0.2) is 0 Å². The molecule has 1 heterocycles. The molecule has 4 atom stereocenters. The summed E-state index contributed by atoms with van der Waals surface area (Å²) >= 11 is 0. The molecule has 2 bridgehead atoms. The van der Waals surface area contributed by atoms with Crippen LogP contribution in [-0.4, -0.2) is 37.3 Å². The third-order valence-electron chi connectivity index (χ3n) is 6.80. The molecule has 126 valence electrons. The van der Waals surface area contributed by atoms with Gasteiger partial charge in [-0.15, -0.1) is 0 Å². The van der Waals surface area contributed by atoms with Crippen molar-refractivity contribution in [3.63, 3.8) is 0 Å². The molecular weight excluding hydrogens is 298 g/mol. The highest BCUT2D eigenvalue weighted by atomic mass is 32.2. The standard InChI is InChI=1S/C17H29NO3S/c1-12-7-13(2)10-18(9-12)22(20,21)11-17-6-5-14(8-15(17)19)16(17,3)4/h12-14H,5-11H2,1-4H3/t12-,13-,14-,17-/m0/s1. The minimum absolute atomic E-state index is 0.0295. The highest BCUT2D eigenvalue weighted by Gasteiger charge is 2.65. The monoisotopic (exact) mass is 327 g/mol. The van der Waals surface area contributed by atoms with E-state index in [0.29, 0.717) is 37.3 Å². The van der Waals surface area contributed by atoms with Gasteiger partial charge in [-0.3, -0.25) is 4.79 Å². The number of nitrogens with zero attached hydrogens (tertiary/aromatic N) is 1. The van der Waals surface area contributed by atoms with Gasteiger partial charge < -0.3 is 0 Å². The van der Waals surface area contributed by atoms with E-state index in [0.717, 1.165) is 19.3 Å². The van der Waals surface area contributed by atoms with E-state index < -0.39 is 15.4 Å². The number of ketones is 1. The molecule has 4 nitrogen and oxygen atoms in total. The first-order valence-electron chi connectivity index (χ1n) is 8.59. The summed E-state index contributed by atoms with van der Waals surface area (Å²) in [7, 11) is -3.37. The Bertz CT molecular complexity index is 573. The van der Waals surface area contributed by atoms with E-state index in [1.165, 1.54) is 0 Å². The van der Waals surface area contributed by atoms with E-state index in [4.69, 9.17) is 0 Å². The molecule has 2 saturated carbocycles. The lowest BCUT2D eigenvalue weighted by atomic mass is 9.70. The number of piperidine rings is 1. The first-order chi connectivity index (χ1) is 10.1. The smallest absolute Gasteiger partial charge is 0.215 e. The van der Waals surface area contributed by atoms with Crippen molar-refractivity contribution >= 4 is 15.8 Å². The third-order valence-corrected chi connectivity index (χ3v) is 8.74. The molecular formula is C17H29NO3S. The molecule has 1 saturated heterocycles. The Morgan fingerprint density at radius 2 is 1.77 bits per heavy atom. The van der Waals surface area contributed by atoms with Gasteiger partial charge in [0.1, 0.15) is 5.78 Å². The predicted octanol–water partition coefficient (Wildman–Crippen LogP) is 2.69. The van der Waals surface area contributed by atoms with Crippen LogP contribution >= 0.6 is 0 Å². The molecule has 0 amide bonds. The zero-order valence-electron chi connectivity index (χ0n) is 14.3. The van der Waals surface area contributed by atoms with Gasteiger partial charge in [-0.25, -0.2) is 12.7 Å². The van der Waals surface area contributed by atoms with Crippen molar-refractivity contribution in [3.05, 3.63) is 0 Å². The van der Waals surface area contributed by atoms with Crippen molar-refractivity contribution in [2.45, 2.75) is 53.4 Å². The van der Waals surface area contributed by atoms with Crippen molar-refractivity contribution in [1.29, 1.82) is 0 Å². The summed E-state index contributed by atoms with van der Waals surface area (Å²) in [5.74, 6) is 1.39. The van der Waals surface area contributed by atoms with Gasteiger partial charge >= 0.3 is 0 Å². The first kappa shape index (κ1) is 16.4. The van der Waals surface area contributed by atoms with Crippen LogP contribution in [0, 0.1) is 28.6 Å². The predicted molar refractivity (Wildman–Crippen MR) is 86.9 cm³/mol. The topological polar surface area (TPSA) is 54.5 Å². The SMILES string of the molecule is C[C@H]1C[C@H](C)CN(S(=O)(=O)C[C@@]23CC[C@@H](CC2=O)C3(C)C)C1. The molecule has 0 unspecified atom stereocenters. The van der Waals surface area contributed by atoms with Gasteiger partial charge in [0.25, 0.3) is 0 Å². The molecule has 0 aromatic heterocycles. The second-order valence-electron chi connectivity index (χ2n) is 8.69. The summed E-state index contributed by atoms with van der Waals surface area (Å²) in [6, 6.07) is 0. The van der Waals surface area contributed by atoms with Gasteiger partial charge in [-0.2, -0.15) is 0 Å². The van der Waals surface area contributed by atoms with Gasteiger partial charge in [-0.1, -0.05) is 27.7 Å². The Morgan fingerprint density at radius 1 is 1.18 bits per heavy atom. The quantitative estimate of drug-likeness (QED) is 0.801. The lowest BCUT2D eigenvalue weighted by Crippen LogP contribution is -2.50. The van der Waals surface area contributed by atoms with Gasteiger partial charge in [0, 0.05) is 24.9 Å². The van der Waals surface area contributed by atoms with Crippen LogP contribution in [0.1, 0.15) is 53.4 Å². The van der Waals surface area contributed by atoms with Crippen molar-refractivity contribution in [2.75, 3.05) is 18.8 Å². The first-order valence-corrected chi connectivity index (χ1v) is 10.2. The van der Waals surface area contributed by atoms with Crippen LogP contribution in [0.5, 0.6) is 0 Å². The fraction of sp³-hybridized carbons (Fsp3) is 0.941. The minimum Gasteiger partial charge on any atom is -0.299 e. The van der Waals surface area contributed by atoms with E-state index in [9.17, 15) is 13.2 Å². The number of carbonyl (C=O) groups is 1. The molecule has 1 aliphatic heterocycles. The summed E-state index contributed by atoms with van der Waals surface area (Å²) in [5.41, 5.74) is -0.815. The van der Waals surface area contributed by atoms with Crippen LogP contribution < -0.4 is 0 Å². The summed E-state index contributed by atoms with van der Waals surface area (Å²) in [6.07, 6.45) is 3.42. The summed E-state index contributed by atoms with van der Waals surface area (Å²) in [5, 5.41) is 0. The van der Waals surface area contributed by atoms with Crippen LogP contribution in [0.25, 0.3) is 0 Å². The normalized spacial score (nSPS) is 42.0. The Balaban J connectivity index is 1.87. The maximum atomic E-state index is 13.0. The second kappa shape index (κ2) is 5.04. The maximum absolute atomic E-state index is 13.0. The average molecular weight is 327 g/mol. The molecule has 0 radical (unpaired) electrons. The fourth-order valence-corrected chi connectivity index (χ4v) is 7.79. The van der Waals surface area contributed by atoms with E-state index in [1.807, 2.05) is 0 Å². The molecule has 22 heavy (non-hydrogen) atoms. The second-order valence-corrected chi connectivity index (χ2v) is 10.7. The Kier molecular flexibility index (Phi) is 3.76. The minimum atomic E-state index is -3.37. The zero-order valence-corrected chi connectivity index (χ0v) is 15.1. The molecule has 3 rings (SSSR count). The van der Waals surface area contributed by atoms with E-state index >= 15 is 0 Å². The third kappa shape index (κ3) is 2.27. The molecule has 2 aliphatic carbocycles. The molecule has 3 fully saturated rings. The van der Waals surface area contributed by atoms with Gasteiger partial charge in [0.2, 0.25) is 10.0 Å². The lowest BCUT2D eigenvalue weighted by molar-refractivity contribution is -0.128. The average Bonchev–Trinajstić information content (AvgIpc) is 2.71. The van der Waals surface area contributed by atoms with Gasteiger partial charge in [-0.05, 0) is 42.4 Å². The van der Waals surface area contributed by atoms with Crippen LogP contribution in [0.3, 0.4) is 0 Å². The number of carbonyl (C=O) groups excluding carboxylic acids is 1. The van der Waals surface area contributed by atoms with Crippen molar-refractivity contribution in [1.82, 2.24) is 4.31 Å². The van der Waals surface area contributed by atoms with Crippen molar-refractivity contribution in [2.24, 2.45) is 28.6 Å². The maximum Gasteiger partial charge on any atom is 0.215 e. The van der Waals surface area contributed by atoms with E-state index in [-0.39, 0.29) is 17.0 Å². The van der Waals surface area contributed by atoms with Gasteiger partial charge in [0.05, 0.1) is 5.75 Å². The Morgan fingerprint density at radius 3 is 2.23 bits per heavy atom. The van der Waals surface area contributed by atoms with Gasteiger partial charge in [0.15, 0.2) is 0 Å². The summed E-state index contributed by atoms with van der Waals surface area (Å²) in [6.45, 7) is 9.67. The highest BCUT2D eigenvalue weighted by molar-refractivity contribution is 7.89. The number of Topliss-reactive ketones (excluding diaryl/α,β-unsaturated/α-hetero) is 1. The van der Waals surface area contributed by atoms with Crippen LogP contribution in [-0.2, 0) is 14.8 Å². The fourth-order valence-electron chi connectivity index (χ4n) is 5.34. The molecule has 3 aliphatic rings. The number of sulfonamides is 1. The molecule has 0 spiro atoms. The molecule has 0 N–H and O–H groups in total. The molecule has 0 aromatic rings. The largest absolute Gasteiger partial charge is 0.299 e. The molecule has 5 heteroatoms. The summed E-state index contributed by atoms with van der Waals surface area (Å²) in [4.78, 5) is 12.6.